The fourth-order valence-corrected chi connectivity index (χ4v) is 7.88. The number of carbonyl (C=O) groups excluding carboxylic acids is 1. The summed E-state index contributed by atoms with van der Waals surface area (Å²) in [6.45, 7) is 4.53. The van der Waals surface area contributed by atoms with Crippen LogP contribution in [0.2, 0.25) is 0 Å². The number of ether oxygens (including phenoxy) is 1. The molecule has 2 nitrogen and oxygen atoms in total. The van der Waals surface area contributed by atoms with E-state index < -0.39 is 11.6 Å². The summed E-state index contributed by atoms with van der Waals surface area (Å²) in [7, 11) is 0. The first-order valence-corrected chi connectivity index (χ1v) is 16.2. The summed E-state index contributed by atoms with van der Waals surface area (Å²) >= 11 is 0. The van der Waals surface area contributed by atoms with Crippen LogP contribution >= 0.6 is 0 Å². The SMILES string of the molecule is CCCCC1CCC(CCc2ccc(OC(=O)C3CCC(C4CCC(CCC)CC4)CC3)c(F)c2F)CC1. The van der Waals surface area contributed by atoms with Gasteiger partial charge in [0.05, 0.1) is 5.92 Å². The van der Waals surface area contributed by atoms with Crippen molar-refractivity contribution in [3.05, 3.63) is 29.3 Å². The Morgan fingerprint density at radius 2 is 1.26 bits per heavy atom. The third-order valence-corrected chi connectivity index (χ3v) is 10.5. The average Bonchev–Trinajstić information content (AvgIpc) is 2.95. The zero-order valence-electron chi connectivity index (χ0n) is 24.1. The van der Waals surface area contributed by atoms with Gasteiger partial charge < -0.3 is 4.74 Å². The van der Waals surface area contributed by atoms with E-state index in [0.29, 0.717) is 23.8 Å². The van der Waals surface area contributed by atoms with Gasteiger partial charge in [0.25, 0.3) is 0 Å². The molecule has 0 unspecified atom stereocenters. The van der Waals surface area contributed by atoms with E-state index in [1.807, 2.05) is 0 Å². The molecule has 214 valence electrons. The molecule has 1 aromatic carbocycles. The number of halogens is 2. The maximum absolute atomic E-state index is 14.9. The van der Waals surface area contributed by atoms with Gasteiger partial charge in [-0.1, -0.05) is 90.5 Å². The Morgan fingerprint density at radius 3 is 1.87 bits per heavy atom. The Hall–Kier alpha value is -1.45. The molecular weight excluding hydrogens is 478 g/mol. The van der Waals surface area contributed by atoms with Crippen LogP contribution in [0.4, 0.5) is 8.78 Å². The Bertz CT molecular complexity index is 859. The van der Waals surface area contributed by atoms with Gasteiger partial charge in [-0.2, -0.15) is 4.39 Å². The Labute approximate surface area is 230 Å². The van der Waals surface area contributed by atoms with E-state index in [2.05, 4.69) is 13.8 Å². The Morgan fingerprint density at radius 1 is 0.711 bits per heavy atom. The predicted molar refractivity (Wildman–Crippen MR) is 151 cm³/mol. The average molecular weight is 531 g/mol. The number of carbonyl (C=O) groups is 1. The van der Waals surface area contributed by atoms with Crippen molar-refractivity contribution in [1.29, 1.82) is 0 Å². The number of benzene rings is 1. The number of rotatable bonds is 11. The van der Waals surface area contributed by atoms with Crippen molar-refractivity contribution >= 4 is 5.97 Å². The van der Waals surface area contributed by atoms with Crippen molar-refractivity contribution in [3.8, 4) is 5.75 Å². The molecule has 3 aliphatic rings. The largest absolute Gasteiger partial charge is 0.423 e. The fraction of sp³-hybridized carbons (Fsp3) is 0.794. The molecule has 0 bridgehead atoms. The van der Waals surface area contributed by atoms with Crippen LogP contribution in [0.15, 0.2) is 12.1 Å². The van der Waals surface area contributed by atoms with Crippen LogP contribution in [-0.4, -0.2) is 5.97 Å². The van der Waals surface area contributed by atoms with E-state index >= 15 is 0 Å². The lowest BCUT2D eigenvalue weighted by Crippen LogP contribution is -2.30. The molecule has 4 heteroatoms. The van der Waals surface area contributed by atoms with Crippen LogP contribution in [0.3, 0.4) is 0 Å². The molecule has 3 saturated carbocycles. The van der Waals surface area contributed by atoms with E-state index in [-0.39, 0.29) is 17.6 Å². The molecular formula is C34H52F2O2. The zero-order chi connectivity index (χ0) is 26.9. The third kappa shape index (κ3) is 8.04. The number of aryl methyl sites for hydroxylation is 1. The first-order valence-electron chi connectivity index (χ1n) is 16.2. The van der Waals surface area contributed by atoms with Gasteiger partial charge in [0.2, 0.25) is 5.82 Å². The highest BCUT2D eigenvalue weighted by Gasteiger charge is 2.34. The van der Waals surface area contributed by atoms with Gasteiger partial charge in [-0.15, -0.1) is 0 Å². The first kappa shape index (κ1) is 29.5. The molecule has 38 heavy (non-hydrogen) atoms. The number of esters is 1. The lowest BCUT2D eigenvalue weighted by Gasteiger charge is -2.37. The summed E-state index contributed by atoms with van der Waals surface area (Å²) in [6.07, 6.45) is 22.1. The van der Waals surface area contributed by atoms with E-state index in [1.165, 1.54) is 89.5 Å². The molecule has 0 spiro atoms. The normalized spacial score (nSPS) is 30.2. The summed E-state index contributed by atoms with van der Waals surface area (Å²) in [4.78, 5) is 12.8. The standard InChI is InChI=1S/C34H52F2O2/c1-3-5-7-25-8-10-26(11-9-25)14-17-29-22-23-31(33(36)32(29)35)38-34(37)30-20-18-28(19-21-30)27-15-12-24(6-4-2)13-16-27/h22-28,30H,3-21H2,1-2H3. The molecule has 0 aliphatic heterocycles. The van der Waals surface area contributed by atoms with Crippen molar-refractivity contribution in [2.24, 2.45) is 35.5 Å². The smallest absolute Gasteiger partial charge is 0.314 e. The molecule has 0 saturated heterocycles. The second-order valence-electron chi connectivity index (χ2n) is 13.0. The van der Waals surface area contributed by atoms with Crippen LogP contribution in [0.1, 0.15) is 135 Å². The summed E-state index contributed by atoms with van der Waals surface area (Å²) in [6, 6.07) is 3.09. The number of unbranched alkanes of at least 4 members (excludes halogenated alkanes) is 1. The Balaban J connectivity index is 1.20. The zero-order valence-corrected chi connectivity index (χ0v) is 24.1. The minimum absolute atomic E-state index is 0.197. The van der Waals surface area contributed by atoms with Gasteiger partial charge in [0, 0.05) is 0 Å². The first-order chi connectivity index (χ1) is 18.5. The molecule has 4 rings (SSSR count). The molecule has 0 atom stereocenters. The van der Waals surface area contributed by atoms with E-state index in [0.717, 1.165) is 49.9 Å². The predicted octanol–water partition coefficient (Wildman–Crippen LogP) is 10.2. The molecule has 3 aliphatic carbocycles. The maximum atomic E-state index is 14.9. The van der Waals surface area contributed by atoms with Crippen molar-refractivity contribution in [3.63, 3.8) is 0 Å². The van der Waals surface area contributed by atoms with Gasteiger partial charge in [0.15, 0.2) is 11.6 Å². The van der Waals surface area contributed by atoms with Crippen molar-refractivity contribution in [2.75, 3.05) is 0 Å². The van der Waals surface area contributed by atoms with Gasteiger partial charge in [-0.25, -0.2) is 4.39 Å². The third-order valence-electron chi connectivity index (χ3n) is 10.5. The lowest BCUT2D eigenvalue weighted by molar-refractivity contribution is -0.140. The summed E-state index contributed by atoms with van der Waals surface area (Å²) in [5.74, 6) is 1.22. The Kier molecular flexibility index (Phi) is 11.5. The highest BCUT2D eigenvalue weighted by Crippen LogP contribution is 2.42. The molecule has 1 aromatic rings. The topological polar surface area (TPSA) is 26.3 Å². The van der Waals surface area contributed by atoms with Crippen LogP contribution < -0.4 is 4.74 Å². The van der Waals surface area contributed by atoms with Crippen molar-refractivity contribution in [2.45, 2.75) is 136 Å². The highest BCUT2D eigenvalue weighted by molar-refractivity contribution is 5.75. The molecule has 0 amide bonds. The van der Waals surface area contributed by atoms with Crippen LogP contribution in [0.5, 0.6) is 5.75 Å². The molecule has 0 heterocycles. The lowest BCUT2D eigenvalue weighted by atomic mass is 9.69. The number of hydrogen-bond acceptors (Lipinski definition) is 2. The molecule has 0 N–H and O–H groups in total. The van der Waals surface area contributed by atoms with Crippen LogP contribution in [-0.2, 0) is 11.2 Å². The van der Waals surface area contributed by atoms with Gasteiger partial charge in [-0.05, 0) is 92.6 Å². The monoisotopic (exact) mass is 530 g/mol. The highest BCUT2D eigenvalue weighted by atomic mass is 19.2. The maximum Gasteiger partial charge on any atom is 0.314 e. The van der Waals surface area contributed by atoms with E-state index in [4.69, 9.17) is 4.74 Å². The van der Waals surface area contributed by atoms with Gasteiger partial charge >= 0.3 is 5.97 Å². The minimum atomic E-state index is -1.00. The molecule has 3 fully saturated rings. The quantitative estimate of drug-likeness (QED) is 0.210. The number of hydrogen-bond donors (Lipinski definition) is 0. The second-order valence-corrected chi connectivity index (χ2v) is 13.0. The van der Waals surface area contributed by atoms with E-state index in [1.54, 1.807) is 6.07 Å². The second kappa shape index (κ2) is 14.8. The van der Waals surface area contributed by atoms with E-state index in [9.17, 15) is 13.6 Å². The van der Waals surface area contributed by atoms with Crippen molar-refractivity contribution < 1.29 is 18.3 Å². The fourth-order valence-electron chi connectivity index (χ4n) is 7.88. The molecule has 0 aromatic heterocycles. The molecule has 0 radical (unpaired) electrons. The van der Waals surface area contributed by atoms with Gasteiger partial charge in [-0.3, -0.25) is 4.79 Å². The summed E-state index contributed by atoms with van der Waals surface area (Å²) in [5.41, 5.74) is 0.407. The van der Waals surface area contributed by atoms with Crippen LogP contribution in [0, 0.1) is 47.1 Å². The van der Waals surface area contributed by atoms with Crippen LogP contribution in [0.25, 0.3) is 0 Å². The minimum Gasteiger partial charge on any atom is -0.423 e. The van der Waals surface area contributed by atoms with Gasteiger partial charge in [0.1, 0.15) is 0 Å². The summed E-state index contributed by atoms with van der Waals surface area (Å²) in [5, 5.41) is 0. The summed E-state index contributed by atoms with van der Waals surface area (Å²) < 4.78 is 35.2. The van der Waals surface area contributed by atoms with Crippen molar-refractivity contribution in [1.82, 2.24) is 0 Å².